The van der Waals surface area contributed by atoms with Crippen LogP contribution in [-0.2, 0) is 16.6 Å². The van der Waals surface area contributed by atoms with Crippen molar-refractivity contribution in [2.45, 2.75) is 20.4 Å². The number of carbonyl (C=O) groups is 1. The van der Waals surface area contributed by atoms with Crippen molar-refractivity contribution in [3.05, 3.63) is 75.8 Å². The number of nitrogens with zero attached hydrogens (tertiary/aromatic N) is 3. The zero-order valence-corrected chi connectivity index (χ0v) is 18.3. The summed E-state index contributed by atoms with van der Waals surface area (Å²) in [5.74, 6) is -0.756. The fraction of sp³-hybridized carbons (Fsp3) is 0.190. The van der Waals surface area contributed by atoms with Crippen LogP contribution in [-0.4, -0.2) is 25.6 Å². The number of aryl methyl sites for hydroxylation is 2. The third-order valence-corrected chi connectivity index (χ3v) is 5.96. The summed E-state index contributed by atoms with van der Waals surface area (Å²) in [6.07, 6.45) is 0.925. The van der Waals surface area contributed by atoms with Gasteiger partial charge in [-0.3, -0.25) is 4.79 Å². The Balaban J connectivity index is 2.04. The molecule has 1 amide bonds. The molecule has 2 aromatic carbocycles. The average Bonchev–Trinajstić information content (AvgIpc) is 3.08. The third-order valence-electron chi connectivity index (χ3n) is 4.41. The zero-order valence-electron chi connectivity index (χ0n) is 16.7. The summed E-state index contributed by atoms with van der Waals surface area (Å²) in [7, 11) is -3.69. The first-order chi connectivity index (χ1) is 14.2. The molecule has 3 rings (SSSR count). The number of thiazole rings is 1. The van der Waals surface area contributed by atoms with Gasteiger partial charge in [0.1, 0.15) is 5.69 Å². The number of anilines is 2. The first-order valence-electron chi connectivity index (χ1n) is 8.99. The van der Waals surface area contributed by atoms with Gasteiger partial charge in [-0.15, -0.1) is 11.3 Å². The maximum absolute atomic E-state index is 12.3. The van der Waals surface area contributed by atoms with E-state index in [2.05, 4.69) is 11.1 Å². The van der Waals surface area contributed by atoms with Gasteiger partial charge in [0.15, 0.2) is 5.13 Å². The van der Waals surface area contributed by atoms with E-state index in [1.165, 1.54) is 11.3 Å². The summed E-state index contributed by atoms with van der Waals surface area (Å²) in [4.78, 5) is 19.3. The summed E-state index contributed by atoms with van der Waals surface area (Å²) in [5.41, 5.74) is 3.61. The predicted molar refractivity (Wildman–Crippen MR) is 117 cm³/mol. The first-order valence-corrected chi connectivity index (χ1v) is 11.7. The molecule has 0 saturated carbocycles. The Bertz CT molecular complexity index is 1230. The lowest BCUT2D eigenvalue weighted by molar-refractivity contribution is 0.0977. The largest absolute Gasteiger partial charge is 0.313 e. The standard InChI is InChI=1S/C21H20N4O3S2/c1-14-6-4-5-7-17(14)13-25(18-10-8-16(12-22)9-11-18)21-23-19(15(2)29-21)20(26)24-30(3,27)28/h4-11H,13H2,1-3H3,(H,24,26). The average molecular weight is 441 g/mol. The predicted octanol–water partition coefficient (Wildman–Crippen LogP) is 3.66. The van der Waals surface area contributed by atoms with Gasteiger partial charge in [0.25, 0.3) is 5.91 Å². The molecule has 1 N–H and O–H groups in total. The minimum absolute atomic E-state index is 0.0730. The molecule has 0 saturated heterocycles. The number of sulfonamides is 1. The van der Waals surface area contributed by atoms with E-state index in [-0.39, 0.29) is 5.69 Å². The van der Waals surface area contributed by atoms with Crippen molar-refractivity contribution in [2.75, 3.05) is 11.2 Å². The fourth-order valence-electron chi connectivity index (χ4n) is 2.87. The number of carbonyl (C=O) groups excluding carboxylic acids is 1. The van der Waals surface area contributed by atoms with Crippen LogP contribution in [0.5, 0.6) is 0 Å². The Kier molecular flexibility index (Phi) is 6.20. The van der Waals surface area contributed by atoms with Crippen LogP contribution in [0.15, 0.2) is 48.5 Å². The molecule has 0 radical (unpaired) electrons. The summed E-state index contributed by atoms with van der Waals surface area (Å²) >= 11 is 1.30. The molecule has 9 heteroatoms. The summed E-state index contributed by atoms with van der Waals surface area (Å²) in [5, 5.41) is 9.64. The van der Waals surface area contributed by atoms with E-state index in [9.17, 15) is 13.2 Å². The number of rotatable bonds is 6. The zero-order chi connectivity index (χ0) is 21.9. The number of hydrogen-bond acceptors (Lipinski definition) is 7. The highest BCUT2D eigenvalue weighted by Crippen LogP contribution is 2.33. The van der Waals surface area contributed by atoms with Crippen molar-refractivity contribution in [1.29, 1.82) is 5.26 Å². The molecule has 0 aliphatic heterocycles. The molecule has 0 bridgehead atoms. The van der Waals surface area contributed by atoms with Crippen LogP contribution in [0.1, 0.15) is 32.1 Å². The van der Waals surface area contributed by atoms with Gasteiger partial charge in [-0.2, -0.15) is 5.26 Å². The summed E-state index contributed by atoms with van der Waals surface area (Å²) < 4.78 is 24.8. The lowest BCUT2D eigenvalue weighted by Gasteiger charge is -2.23. The molecule has 0 unspecified atom stereocenters. The maximum Gasteiger partial charge on any atom is 0.284 e. The summed E-state index contributed by atoms with van der Waals surface area (Å²) in [6.45, 7) is 4.24. The quantitative estimate of drug-likeness (QED) is 0.627. The number of nitriles is 1. The molecule has 154 valence electrons. The van der Waals surface area contributed by atoms with Gasteiger partial charge < -0.3 is 4.90 Å². The molecular formula is C21H20N4O3S2. The van der Waals surface area contributed by atoms with E-state index < -0.39 is 15.9 Å². The van der Waals surface area contributed by atoms with Crippen LogP contribution >= 0.6 is 11.3 Å². The number of amides is 1. The SMILES string of the molecule is Cc1ccccc1CN(c1ccc(C#N)cc1)c1nc(C(=O)NS(C)(=O)=O)c(C)s1. The number of benzene rings is 2. The van der Waals surface area contributed by atoms with Crippen LogP contribution in [0, 0.1) is 25.2 Å². The van der Waals surface area contributed by atoms with Gasteiger partial charge in [0.2, 0.25) is 10.0 Å². The molecule has 1 heterocycles. The lowest BCUT2D eigenvalue weighted by atomic mass is 10.1. The number of hydrogen-bond donors (Lipinski definition) is 1. The Morgan fingerprint density at radius 3 is 2.43 bits per heavy atom. The Morgan fingerprint density at radius 1 is 1.17 bits per heavy atom. The molecule has 0 atom stereocenters. The minimum atomic E-state index is -3.69. The highest BCUT2D eigenvalue weighted by atomic mass is 32.2. The highest BCUT2D eigenvalue weighted by molar-refractivity contribution is 7.89. The van der Waals surface area contributed by atoms with E-state index in [0.29, 0.717) is 22.1 Å². The Labute approximate surface area is 179 Å². The Morgan fingerprint density at radius 2 is 1.83 bits per heavy atom. The van der Waals surface area contributed by atoms with Crippen molar-refractivity contribution < 1.29 is 13.2 Å². The molecule has 0 spiro atoms. The van der Waals surface area contributed by atoms with Crippen molar-refractivity contribution in [1.82, 2.24) is 9.71 Å². The first kappa shape index (κ1) is 21.5. The lowest BCUT2D eigenvalue weighted by Crippen LogP contribution is -2.30. The normalized spacial score (nSPS) is 11.0. The van der Waals surface area contributed by atoms with Crippen molar-refractivity contribution in [2.24, 2.45) is 0 Å². The van der Waals surface area contributed by atoms with Crippen molar-refractivity contribution in [3.63, 3.8) is 0 Å². The van der Waals surface area contributed by atoms with Crippen LogP contribution in [0.2, 0.25) is 0 Å². The topological polar surface area (TPSA) is 103 Å². The monoisotopic (exact) mass is 440 g/mol. The molecule has 0 fully saturated rings. The van der Waals surface area contributed by atoms with Crippen LogP contribution < -0.4 is 9.62 Å². The minimum Gasteiger partial charge on any atom is -0.313 e. The maximum atomic E-state index is 12.3. The van der Waals surface area contributed by atoms with Crippen LogP contribution in [0.25, 0.3) is 0 Å². The second-order valence-corrected chi connectivity index (χ2v) is 9.71. The second kappa shape index (κ2) is 8.65. The molecule has 1 aromatic heterocycles. The van der Waals surface area contributed by atoms with E-state index in [0.717, 1.165) is 23.1 Å². The van der Waals surface area contributed by atoms with Crippen molar-refractivity contribution >= 4 is 38.1 Å². The van der Waals surface area contributed by atoms with Gasteiger partial charge in [-0.1, -0.05) is 24.3 Å². The van der Waals surface area contributed by atoms with Gasteiger partial charge in [-0.25, -0.2) is 18.1 Å². The van der Waals surface area contributed by atoms with Crippen molar-refractivity contribution in [3.8, 4) is 6.07 Å². The van der Waals surface area contributed by atoms with E-state index in [1.807, 2.05) is 52.9 Å². The molecule has 30 heavy (non-hydrogen) atoms. The molecule has 7 nitrogen and oxygen atoms in total. The Hall–Kier alpha value is -3.22. The fourth-order valence-corrected chi connectivity index (χ4v) is 4.23. The molecule has 0 aliphatic carbocycles. The van der Waals surface area contributed by atoms with E-state index in [1.54, 1.807) is 19.1 Å². The van der Waals surface area contributed by atoms with Gasteiger partial charge >= 0.3 is 0 Å². The van der Waals surface area contributed by atoms with E-state index in [4.69, 9.17) is 5.26 Å². The number of aromatic nitrogens is 1. The summed E-state index contributed by atoms with van der Waals surface area (Å²) in [6, 6.07) is 17.1. The smallest absolute Gasteiger partial charge is 0.284 e. The third kappa shape index (κ3) is 5.03. The van der Waals surface area contributed by atoms with Gasteiger partial charge in [0.05, 0.1) is 24.4 Å². The molecular weight excluding hydrogens is 420 g/mol. The van der Waals surface area contributed by atoms with Crippen LogP contribution in [0.4, 0.5) is 10.8 Å². The molecule has 3 aromatic rings. The molecule has 0 aliphatic rings. The van der Waals surface area contributed by atoms with E-state index >= 15 is 0 Å². The van der Waals surface area contributed by atoms with Gasteiger partial charge in [0, 0.05) is 10.6 Å². The highest BCUT2D eigenvalue weighted by Gasteiger charge is 2.22. The number of nitrogens with one attached hydrogen (secondary N) is 1. The van der Waals surface area contributed by atoms with Crippen LogP contribution in [0.3, 0.4) is 0 Å². The second-order valence-electron chi connectivity index (χ2n) is 6.78. The van der Waals surface area contributed by atoms with Gasteiger partial charge in [-0.05, 0) is 49.2 Å².